The van der Waals surface area contributed by atoms with Gasteiger partial charge in [0.2, 0.25) is 5.91 Å². The van der Waals surface area contributed by atoms with Crippen molar-refractivity contribution in [3.63, 3.8) is 0 Å². The van der Waals surface area contributed by atoms with E-state index in [2.05, 4.69) is 10.9 Å². The maximum absolute atomic E-state index is 12.8. The molecule has 0 saturated carbocycles. The van der Waals surface area contributed by atoms with Crippen LogP contribution in [-0.4, -0.2) is 87.2 Å². The Balaban J connectivity index is 2.03. The minimum atomic E-state index is -1.52. The van der Waals surface area contributed by atoms with Gasteiger partial charge in [0.15, 0.2) is 12.4 Å². The fourth-order valence-corrected chi connectivity index (χ4v) is 3.16. The molecule has 0 aromatic carbocycles. The molecule has 4 N–H and O–H groups in total. The number of rotatable bonds is 6. The van der Waals surface area contributed by atoms with Crippen LogP contribution >= 0.6 is 0 Å². The van der Waals surface area contributed by atoms with Gasteiger partial charge in [-0.15, -0.1) is 0 Å². The lowest BCUT2D eigenvalue weighted by Gasteiger charge is -2.45. The second-order valence-electron chi connectivity index (χ2n) is 9.78. The van der Waals surface area contributed by atoms with Gasteiger partial charge in [-0.1, -0.05) is 0 Å². The van der Waals surface area contributed by atoms with Crippen molar-refractivity contribution in [2.75, 3.05) is 6.54 Å². The van der Waals surface area contributed by atoms with Crippen molar-refractivity contribution in [1.29, 1.82) is 0 Å². The molecule has 33 heavy (non-hydrogen) atoms. The average Bonchev–Trinajstić information content (AvgIpc) is 2.99. The molecule has 2 aliphatic heterocycles. The first-order chi connectivity index (χ1) is 15.1. The molecule has 12 heteroatoms. The van der Waals surface area contributed by atoms with Crippen LogP contribution in [0.3, 0.4) is 0 Å². The number of carbonyl (C=O) groups excluding carboxylic acids is 4. The quantitative estimate of drug-likeness (QED) is 0.278. The second-order valence-corrected chi connectivity index (χ2v) is 9.78. The van der Waals surface area contributed by atoms with Gasteiger partial charge in [0.05, 0.1) is 11.2 Å². The van der Waals surface area contributed by atoms with Gasteiger partial charge in [-0.3, -0.25) is 34.9 Å². The minimum Gasteiger partial charge on any atom is -0.387 e. The molecule has 12 nitrogen and oxygen atoms in total. The first kappa shape index (κ1) is 26.9. The van der Waals surface area contributed by atoms with E-state index in [4.69, 9.17) is 14.2 Å². The van der Waals surface area contributed by atoms with E-state index < -0.39 is 65.5 Å². The van der Waals surface area contributed by atoms with Crippen molar-refractivity contribution in [1.82, 2.24) is 15.8 Å². The summed E-state index contributed by atoms with van der Waals surface area (Å²) in [4.78, 5) is 48.9. The molecule has 2 rings (SSSR count). The van der Waals surface area contributed by atoms with Gasteiger partial charge < -0.3 is 24.4 Å². The van der Waals surface area contributed by atoms with Crippen molar-refractivity contribution in [2.24, 2.45) is 0 Å². The number of ether oxygens (including phenoxy) is 3. The monoisotopic (exact) mass is 471 g/mol. The third kappa shape index (κ3) is 7.57. The van der Waals surface area contributed by atoms with Crippen LogP contribution in [0.5, 0.6) is 0 Å². The number of hydrogen-bond donors (Lipinski definition) is 4. The molecule has 2 aliphatic rings. The van der Waals surface area contributed by atoms with Gasteiger partial charge in [0.25, 0.3) is 17.7 Å². The molecule has 0 aliphatic carbocycles. The van der Waals surface area contributed by atoms with E-state index in [1.165, 1.54) is 0 Å². The molecule has 0 spiro atoms. The molecular formula is C21H33N3O9. The summed E-state index contributed by atoms with van der Waals surface area (Å²) in [6.07, 6.45) is -5.06. The predicted molar refractivity (Wildman–Crippen MR) is 113 cm³/mol. The molecule has 0 bridgehead atoms. The molecule has 1 fully saturated rings. The maximum atomic E-state index is 12.8. The first-order valence-corrected chi connectivity index (χ1v) is 10.6. The summed E-state index contributed by atoms with van der Waals surface area (Å²) in [6, 6.07) is 0. The Hall–Kier alpha value is -2.38. The van der Waals surface area contributed by atoms with Gasteiger partial charge in [0.1, 0.15) is 18.3 Å². The normalized spacial score (nSPS) is 28.2. The fraction of sp³-hybridized carbons (Fsp3) is 0.714. The number of aliphatic hydroxyl groups excluding tert-OH is 2. The highest BCUT2D eigenvalue weighted by atomic mass is 16.7. The second kappa shape index (κ2) is 10.3. The van der Waals surface area contributed by atoms with Crippen LogP contribution in [0.25, 0.3) is 0 Å². The van der Waals surface area contributed by atoms with E-state index in [1.807, 2.05) is 0 Å². The topological polar surface area (TPSA) is 164 Å². The summed E-state index contributed by atoms with van der Waals surface area (Å²) in [6.45, 7) is 10.1. The zero-order chi connectivity index (χ0) is 25.1. The van der Waals surface area contributed by atoms with E-state index >= 15 is 0 Å². The van der Waals surface area contributed by atoms with Gasteiger partial charge in [0, 0.05) is 25.1 Å². The number of nitrogens with one attached hydrogen (secondary N) is 2. The van der Waals surface area contributed by atoms with E-state index in [-0.39, 0.29) is 13.0 Å². The third-order valence-electron chi connectivity index (χ3n) is 4.55. The van der Waals surface area contributed by atoms with Crippen LogP contribution in [0.2, 0.25) is 0 Å². The van der Waals surface area contributed by atoms with Gasteiger partial charge in [-0.05, 0) is 41.5 Å². The number of hydrogen-bond acceptors (Lipinski definition) is 9. The van der Waals surface area contributed by atoms with Gasteiger partial charge in [-0.2, -0.15) is 0 Å². The number of amides is 4. The molecule has 0 aromatic heterocycles. The van der Waals surface area contributed by atoms with Crippen LogP contribution in [0, 0.1) is 0 Å². The first-order valence-electron chi connectivity index (χ1n) is 10.6. The summed E-state index contributed by atoms with van der Waals surface area (Å²) in [5.41, 5.74) is 2.82. The number of hydrazine groups is 1. The van der Waals surface area contributed by atoms with E-state index in [0.717, 1.165) is 17.1 Å². The largest absolute Gasteiger partial charge is 0.387 e. The Morgan fingerprint density at radius 2 is 1.52 bits per heavy atom. The van der Waals surface area contributed by atoms with Crippen molar-refractivity contribution in [2.45, 2.75) is 89.9 Å². The number of aliphatic hydroxyl groups is 2. The van der Waals surface area contributed by atoms with E-state index in [9.17, 15) is 29.4 Å². The summed E-state index contributed by atoms with van der Waals surface area (Å²) >= 11 is 0. The highest BCUT2D eigenvalue weighted by molar-refractivity contribution is 6.13. The molecule has 0 aromatic rings. The molecular weight excluding hydrogens is 438 g/mol. The van der Waals surface area contributed by atoms with E-state index in [0.29, 0.717) is 0 Å². The summed E-state index contributed by atoms with van der Waals surface area (Å²) in [5.74, 6) is -2.55. The molecule has 1 saturated heterocycles. The molecule has 0 radical (unpaired) electrons. The van der Waals surface area contributed by atoms with Crippen LogP contribution in [-0.2, 0) is 33.4 Å². The number of nitrogens with zero attached hydrogens (tertiary/aromatic N) is 1. The van der Waals surface area contributed by atoms with Crippen molar-refractivity contribution in [3.8, 4) is 0 Å². The highest BCUT2D eigenvalue weighted by Crippen LogP contribution is 2.29. The third-order valence-corrected chi connectivity index (χ3v) is 4.55. The fourth-order valence-electron chi connectivity index (χ4n) is 3.16. The highest BCUT2D eigenvalue weighted by Gasteiger charge is 2.50. The smallest absolute Gasteiger partial charge is 0.270 e. The van der Waals surface area contributed by atoms with E-state index in [1.54, 1.807) is 41.5 Å². The lowest BCUT2D eigenvalue weighted by molar-refractivity contribution is -0.324. The van der Waals surface area contributed by atoms with Gasteiger partial charge >= 0.3 is 0 Å². The Morgan fingerprint density at radius 3 is 2.03 bits per heavy atom. The Labute approximate surface area is 192 Å². The van der Waals surface area contributed by atoms with Gasteiger partial charge in [-0.25, -0.2) is 0 Å². The average molecular weight is 472 g/mol. The zero-order valence-electron chi connectivity index (χ0n) is 19.7. The Morgan fingerprint density at radius 1 is 0.970 bits per heavy atom. The molecule has 5 atom stereocenters. The van der Waals surface area contributed by atoms with Crippen LogP contribution in [0.15, 0.2) is 12.2 Å². The number of carbonyl (C=O) groups is 4. The van der Waals surface area contributed by atoms with Crippen LogP contribution < -0.4 is 10.9 Å². The molecule has 2 heterocycles. The standard InChI is InChI=1S/C21H33N3O9/c1-20(2,3)32-16-14(28)15(29)19(33-21(4,5)6)31-17(16)18(30)23-22-11(25)9-10-24-12(26)7-8-13(24)27/h7-8,14-17,19,28-29H,9-10H2,1-6H3,(H,22,25)(H,23,30)/t14-,15?,16+,17?,19+/m1/s1. The van der Waals surface area contributed by atoms with Crippen molar-refractivity contribution >= 4 is 23.6 Å². The van der Waals surface area contributed by atoms with Crippen LogP contribution in [0.4, 0.5) is 0 Å². The van der Waals surface area contributed by atoms with Crippen molar-refractivity contribution < 1.29 is 43.6 Å². The lowest BCUT2D eigenvalue weighted by atomic mass is 9.96. The van der Waals surface area contributed by atoms with Crippen LogP contribution in [0.1, 0.15) is 48.0 Å². The number of imide groups is 1. The lowest BCUT2D eigenvalue weighted by Crippen LogP contribution is -2.65. The Kier molecular flexibility index (Phi) is 8.36. The summed E-state index contributed by atoms with van der Waals surface area (Å²) in [7, 11) is 0. The maximum Gasteiger partial charge on any atom is 0.270 e. The molecule has 2 unspecified atom stereocenters. The zero-order valence-corrected chi connectivity index (χ0v) is 19.7. The molecule has 186 valence electrons. The minimum absolute atomic E-state index is 0.158. The Bertz CT molecular complexity index is 782. The molecule has 4 amide bonds. The van der Waals surface area contributed by atoms with Crippen molar-refractivity contribution in [3.05, 3.63) is 12.2 Å². The SMILES string of the molecule is CC(C)(C)O[C@@H]1OC(C(=O)NNC(=O)CCN2C(=O)C=CC2=O)[C@@H](OC(C)(C)C)[C@H](O)C1O. The predicted octanol–water partition coefficient (Wildman–Crippen LogP) is -1.11. The summed E-state index contributed by atoms with van der Waals surface area (Å²) < 4.78 is 17.0. The summed E-state index contributed by atoms with van der Waals surface area (Å²) in [5, 5.41) is 21.1.